The lowest BCUT2D eigenvalue weighted by Crippen LogP contribution is -2.54. The number of morpholine rings is 1. The molecule has 1 aliphatic heterocycles. The third kappa shape index (κ3) is 3.98. The van der Waals surface area contributed by atoms with E-state index in [0.717, 1.165) is 25.7 Å². The highest BCUT2D eigenvalue weighted by Crippen LogP contribution is 2.29. The van der Waals surface area contributed by atoms with Gasteiger partial charge in [-0.3, -0.25) is 4.79 Å². The molecule has 1 saturated heterocycles. The Morgan fingerprint density at radius 1 is 1.04 bits per heavy atom. The standard InChI is InChI=1S/C22H25NO4S/c24-22(23-13-14-27-21-12-5-4-11-20(21)23)18-8-6-7-17(15-18)16-28(25,26)19-9-2-1-3-10-19/h1-3,6-10,15,20-21H,4-5,11-14,16H2. The number of ether oxygens (including phenoxy) is 1. The molecular formula is C22H25NO4S. The molecular weight excluding hydrogens is 374 g/mol. The minimum atomic E-state index is -3.44. The van der Waals surface area contributed by atoms with Gasteiger partial charge in [0.15, 0.2) is 9.84 Å². The number of carbonyl (C=O) groups is 1. The van der Waals surface area contributed by atoms with Crippen molar-refractivity contribution in [3.63, 3.8) is 0 Å². The summed E-state index contributed by atoms with van der Waals surface area (Å²) in [4.78, 5) is 15.4. The number of hydrogen-bond donors (Lipinski definition) is 0. The summed E-state index contributed by atoms with van der Waals surface area (Å²) in [5.74, 6) is -0.146. The largest absolute Gasteiger partial charge is 0.374 e. The quantitative estimate of drug-likeness (QED) is 0.790. The van der Waals surface area contributed by atoms with Gasteiger partial charge in [-0.1, -0.05) is 43.2 Å². The molecule has 0 radical (unpaired) electrons. The normalized spacial score (nSPS) is 22.5. The van der Waals surface area contributed by atoms with Crippen LogP contribution in [-0.2, 0) is 20.3 Å². The number of benzene rings is 2. The highest BCUT2D eigenvalue weighted by molar-refractivity contribution is 7.90. The van der Waals surface area contributed by atoms with Gasteiger partial charge in [0.05, 0.1) is 29.4 Å². The summed E-state index contributed by atoms with van der Waals surface area (Å²) in [5, 5.41) is 0. The maximum Gasteiger partial charge on any atom is 0.254 e. The molecule has 2 aromatic carbocycles. The Balaban J connectivity index is 1.54. The molecule has 2 atom stereocenters. The Labute approximate surface area is 166 Å². The minimum absolute atomic E-state index is 0.0286. The lowest BCUT2D eigenvalue weighted by Gasteiger charge is -2.43. The Bertz CT molecular complexity index is 940. The molecule has 0 N–H and O–H groups in total. The van der Waals surface area contributed by atoms with Crippen LogP contribution in [0.1, 0.15) is 41.6 Å². The van der Waals surface area contributed by atoms with Crippen molar-refractivity contribution in [2.75, 3.05) is 13.2 Å². The zero-order valence-corrected chi connectivity index (χ0v) is 16.6. The SMILES string of the molecule is O=C(c1cccc(CS(=O)(=O)c2ccccc2)c1)N1CCOC2CCCCC21. The number of sulfone groups is 1. The van der Waals surface area contributed by atoms with Crippen LogP contribution < -0.4 is 0 Å². The summed E-state index contributed by atoms with van der Waals surface area (Å²) in [6.45, 7) is 1.15. The molecule has 4 rings (SSSR count). The van der Waals surface area contributed by atoms with Gasteiger partial charge in [-0.2, -0.15) is 0 Å². The first-order valence-electron chi connectivity index (χ1n) is 9.84. The Morgan fingerprint density at radius 2 is 1.82 bits per heavy atom. The monoisotopic (exact) mass is 399 g/mol. The second-order valence-electron chi connectivity index (χ2n) is 7.53. The first-order chi connectivity index (χ1) is 13.5. The van der Waals surface area contributed by atoms with E-state index in [1.165, 1.54) is 0 Å². The van der Waals surface area contributed by atoms with Crippen LogP contribution in [0.3, 0.4) is 0 Å². The summed E-state index contributed by atoms with van der Waals surface area (Å²) in [6.07, 6.45) is 4.37. The van der Waals surface area contributed by atoms with Gasteiger partial charge in [-0.05, 0) is 42.7 Å². The van der Waals surface area contributed by atoms with E-state index in [9.17, 15) is 13.2 Å². The average Bonchev–Trinajstić information content (AvgIpc) is 2.73. The Hall–Kier alpha value is -2.18. The van der Waals surface area contributed by atoms with Crippen molar-refractivity contribution in [1.82, 2.24) is 4.90 Å². The van der Waals surface area contributed by atoms with Crippen molar-refractivity contribution in [3.05, 3.63) is 65.7 Å². The number of fused-ring (bicyclic) bond motifs is 1. The van der Waals surface area contributed by atoms with Gasteiger partial charge < -0.3 is 9.64 Å². The topological polar surface area (TPSA) is 63.7 Å². The maximum absolute atomic E-state index is 13.2. The van der Waals surface area contributed by atoms with E-state index in [2.05, 4.69) is 0 Å². The molecule has 148 valence electrons. The molecule has 6 heteroatoms. The molecule has 1 saturated carbocycles. The first-order valence-corrected chi connectivity index (χ1v) is 11.5. The van der Waals surface area contributed by atoms with E-state index in [1.807, 2.05) is 4.90 Å². The van der Waals surface area contributed by atoms with E-state index < -0.39 is 9.84 Å². The number of nitrogens with zero attached hydrogens (tertiary/aromatic N) is 1. The van der Waals surface area contributed by atoms with Crippen LogP contribution in [0.2, 0.25) is 0 Å². The Morgan fingerprint density at radius 3 is 2.64 bits per heavy atom. The van der Waals surface area contributed by atoms with Crippen molar-refractivity contribution in [2.24, 2.45) is 0 Å². The number of rotatable bonds is 4. The highest BCUT2D eigenvalue weighted by Gasteiger charge is 2.37. The van der Waals surface area contributed by atoms with Gasteiger partial charge in [0.25, 0.3) is 5.91 Å². The number of hydrogen-bond acceptors (Lipinski definition) is 4. The van der Waals surface area contributed by atoms with Gasteiger partial charge in [0, 0.05) is 12.1 Å². The van der Waals surface area contributed by atoms with Crippen molar-refractivity contribution >= 4 is 15.7 Å². The van der Waals surface area contributed by atoms with Crippen molar-refractivity contribution < 1.29 is 17.9 Å². The molecule has 5 nitrogen and oxygen atoms in total. The van der Waals surface area contributed by atoms with Crippen molar-refractivity contribution in [3.8, 4) is 0 Å². The summed E-state index contributed by atoms with van der Waals surface area (Å²) in [5.41, 5.74) is 1.18. The van der Waals surface area contributed by atoms with Crippen molar-refractivity contribution in [2.45, 2.75) is 48.5 Å². The molecule has 2 fully saturated rings. The van der Waals surface area contributed by atoms with Gasteiger partial charge >= 0.3 is 0 Å². The molecule has 0 aromatic heterocycles. The molecule has 0 spiro atoms. The highest BCUT2D eigenvalue weighted by atomic mass is 32.2. The predicted molar refractivity (Wildman–Crippen MR) is 107 cm³/mol. The van der Waals surface area contributed by atoms with Crippen molar-refractivity contribution in [1.29, 1.82) is 0 Å². The van der Waals surface area contributed by atoms with Crippen LogP contribution in [0.15, 0.2) is 59.5 Å². The van der Waals surface area contributed by atoms with E-state index in [-0.39, 0.29) is 23.8 Å². The van der Waals surface area contributed by atoms with Crippen LogP contribution in [0.5, 0.6) is 0 Å². The molecule has 2 unspecified atom stereocenters. The number of carbonyl (C=O) groups excluding carboxylic acids is 1. The summed E-state index contributed by atoms with van der Waals surface area (Å²) in [6, 6.07) is 15.6. The van der Waals surface area contributed by atoms with Crippen LogP contribution in [0.25, 0.3) is 0 Å². The molecule has 1 amide bonds. The molecule has 1 heterocycles. The molecule has 2 aromatic rings. The second-order valence-corrected chi connectivity index (χ2v) is 9.52. The Kier molecular flexibility index (Phi) is 5.51. The molecule has 2 aliphatic rings. The van der Waals surface area contributed by atoms with Gasteiger partial charge in [0.2, 0.25) is 0 Å². The van der Waals surface area contributed by atoms with E-state index in [0.29, 0.717) is 29.2 Å². The van der Waals surface area contributed by atoms with E-state index in [1.54, 1.807) is 54.6 Å². The summed E-state index contributed by atoms with van der Waals surface area (Å²) < 4.78 is 31.2. The smallest absolute Gasteiger partial charge is 0.254 e. The fourth-order valence-electron chi connectivity index (χ4n) is 4.24. The van der Waals surface area contributed by atoms with E-state index in [4.69, 9.17) is 4.74 Å². The third-order valence-corrected chi connectivity index (χ3v) is 7.33. The summed E-state index contributed by atoms with van der Waals surface area (Å²) in [7, 11) is -3.44. The number of amides is 1. The fourth-order valence-corrected chi connectivity index (χ4v) is 5.60. The van der Waals surface area contributed by atoms with Crippen LogP contribution in [0, 0.1) is 0 Å². The van der Waals surface area contributed by atoms with Crippen LogP contribution >= 0.6 is 0 Å². The average molecular weight is 400 g/mol. The lowest BCUT2D eigenvalue weighted by atomic mass is 9.89. The predicted octanol–water partition coefficient (Wildman–Crippen LogP) is 3.44. The molecule has 28 heavy (non-hydrogen) atoms. The summed E-state index contributed by atoms with van der Waals surface area (Å²) >= 11 is 0. The maximum atomic E-state index is 13.2. The second kappa shape index (κ2) is 8.05. The molecule has 0 bridgehead atoms. The van der Waals surface area contributed by atoms with Crippen LogP contribution in [0.4, 0.5) is 0 Å². The van der Waals surface area contributed by atoms with Gasteiger partial charge in [-0.15, -0.1) is 0 Å². The zero-order valence-electron chi connectivity index (χ0n) is 15.8. The van der Waals surface area contributed by atoms with Gasteiger partial charge in [-0.25, -0.2) is 8.42 Å². The lowest BCUT2D eigenvalue weighted by molar-refractivity contribution is -0.0752. The third-order valence-electron chi connectivity index (χ3n) is 5.63. The zero-order chi connectivity index (χ0) is 19.6. The van der Waals surface area contributed by atoms with Gasteiger partial charge in [0.1, 0.15) is 0 Å². The van der Waals surface area contributed by atoms with E-state index >= 15 is 0 Å². The molecule has 1 aliphatic carbocycles. The van der Waals surface area contributed by atoms with Crippen LogP contribution in [-0.4, -0.2) is 44.5 Å². The minimum Gasteiger partial charge on any atom is -0.374 e. The first kappa shape index (κ1) is 19.2. The fraction of sp³-hybridized carbons (Fsp3) is 0.409.